The van der Waals surface area contributed by atoms with Crippen LogP contribution in [-0.4, -0.2) is 37.0 Å². The van der Waals surface area contributed by atoms with E-state index in [4.69, 9.17) is 8.94 Å². The van der Waals surface area contributed by atoms with E-state index in [9.17, 15) is 4.79 Å². The summed E-state index contributed by atoms with van der Waals surface area (Å²) in [5.74, 6) is 2.25. The molecule has 3 aromatic rings. The van der Waals surface area contributed by atoms with Gasteiger partial charge in [-0.1, -0.05) is 19.0 Å². The summed E-state index contributed by atoms with van der Waals surface area (Å²) < 4.78 is 13.0. The smallest absolute Gasteiger partial charge is 0.290 e. The van der Waals surface area contributed by atoms with Crippen LogP contribution in [-0.2, 0) is 6.54 Å². The van der Waals surface area contributed by atoms with Crippen molar-refractivity contribution in [2.75, 3.05) is 6.54 Å². The van der Waals surface area contributed by atoms with Crippen molar-refractivity contribution in [1.29, 1.82) is 0 Å². The van der Waals surface area contributed by atoms with Crippen molar-refractivity contribution in [2.45, 2.75) is 45.2 Å². The quantitative estimate of drug-likeness (QED) is 0.699. The molecule has 0 bridgehead atoms. The lowest BCUT2D eigenvalue weighted by molar-refractivity contribution is 0.0675. The Labute approximate surface area is 150 Å². The van der Waals surface area contributed by atoms with Crippen molar-refractivity contribution in [3.05, 3.63) is 54.1 Å². The predicted octanol–water partition coefficient (Wildman–Crippen LogP) is 3.01. The fourth-order valence-corrected chi connectivity index (χ4v) is 3.16. The second-order valence-corrected chi connectivity index (χ2v) is 6.80. The molecule has 1 fully saturated rings. The third-order valence-electron chi connectivity index (χ3n) is 4.54. The van der Waals surface area contributed by atoms with E-state index < -0.39 is 0 Å². The highest BCUT2D eigenvalue weighted by Gasteiger charge is 2.35. The maximum absolute atomic E-state index is 12.9. The average molecular weight is 355 g/mol. The van der Waals surface area contributed by atoms with Crippen LogP contribution in [0.2, 0.25) is 0 Å². The molecule has 8 heteroatoms. The minimum absolute atomic E-state index is 0.145. The summed E-state index contributed by atoms with van der Waals surface area (Å²) in [5.41, 5.74) is 0. The molecule has 0 aliphatic carbocycles. The Bertz CT molecular complexity index is 880. The summed E-state index contributed by atoms with van der Waals surface area (Å²) in [6.07, 6.45) is 6.98. The zero-order chi connectivity index (χ0) is 18.1. The van der Waals surface area contributed by atoms with Crippen LogP contribution in [0.5, 0.6) is 0 Å². The van der Waals surface area contributed by atoms with E-state index in [-0.39, 0.29) is 17.9 Å². The van der Waals surface area contributed by atoms with E-state index >= 15 is 0 Å². The standard InChI is InChI=1S/C18H21N5O3/c1-12(2)16-20-17(26-21-16)14-4-3-8-23(14)18(24)15-6-5-13(25-15)10-22-9-7-19-11-22/h5-7,9,11-12,14H,3-4,8,10H2,1-2H3/t14-/m1/s1. The Balaban J connectivity index is 1.50. The lowest BCUT2D eigenvalue weighted by Gasteiger charge is -2.20. The van der Waals surface area contributed by atoms with Gasteiger partial charge in [0.05, 0.1) is 12.9 Å². The molecule has 0 spiro atoms. The topological polar surface area (TPSA) is 90.2 Å². The number of carbonyl (C=O) groups is 1. The molecule has 0 saturated carbocycles. The number of hydrogen-bond donors (Lipinski definition) is 0. The molecule has 1 saturated heterocycles. The summed E-state index contributed by atoms with van der Waals surface area (Å²) in [7, 11) is 0. The Morgan fingerprint density at radius 1 is 1.38 bits per heavy atom. The summed E-state index contributed by atoms with van der Waals surface area (Å²) in [5, 5.41) is 4.02. The molecule has 3 aromatic heterocycles. The number of aromatic nitrogens is 4. The van der Waals surface area contributed by atoms with E-state index in [0.717, 1.165) is 12.8 Å². The third-order valence-corrected chi connectivity index (χ3v) is 4.54. The van der Waals surface area contributed by atoms with Crippen LogP contribution in [0.4, 0.5) is 0 Å². The second kappa shape index (κ2) is 6.78. The highest BCUT2D eigenvalue weighted by Crippen LogP contribution is 2.33. The summed E-state index contributed by atoms with van der Waals surface area (Å²) in [6, 6.07) is 3.35. The van der Waals surface area contributed by atoms with Gasteiger partial charge in [-0.25, -0.2) is 4.98 Å². The molecule has 4 rings (SSSR count). The number of amides is 1. The number of rotatable bonds is 5. The van der Waals surface area contributed by atoms with Crippen molar-refractivity contribution in [1.82, 2.24) is 24.6 Å². The van der Waals surface area contributed by atoms with E-state index in [2.05, 4.69) is 15.1 Å². The monoisotopic (exact) mass is 355 g/mol. The molecule has 1 amide bonds. The normalized spacial score (nSPS) is 17.3. The van der Waals surface area contributed by atoms with Gasteiger partial charge in [0.1, 0.15) is 11.8 Å². The maximum Gasteiger partial charge on any atom is 0.290 e. The van der Waals surface area contributed by atoms with Gasteiger partial charge >= 0.3 is 0 Å². The Kier molecular flexibility index (Phi) is 4.32. The molecule has 0 unspecified atom stereocenters. The number of nitrogens with zero attached hydrogens (tertiary/aromatic N) is 5. The Morgan fingerprint density at radius 2 is 2.27 bits per heavy atom. The lowest BCUT2D eigenvalue weighted by atomic mass is 10.2. The van der Waals surface area contributed by atoms with E-state index in [1.54, 1.807) is 23.5 Å². The molecule has 26 heavy (non-hydrogen) atoms. The first-order chi connectivity index (χ1) is 12.6. The molecule has 8 nitrogen and oxygen atoms in total. The van der Waals surface area contributed by atoms with Gasteiger partial charge in [0.2, 0.25) is 5.89 Å². The van der Waals surface area contributed by atoms with Crippen LogP contribution in [0.1, 0.15) is 66.7 Å². The molecule has 1 aliphatic heterocycles. The summed E-state index contributed by atoms with van der Waals surface area (Å²) in [4.78, 5) is 23.1. The minimum Gasteiger partial charge on any atom is -0.454 e. The molecule has 1 aliphatic rings. The maximum atomic E-state index is 12.9. The zero-order valence-corrected chi connectivity index (χ0v) is 14.8. The lowest BCUT2D eigenvalue weighted by Crippen LogP contribution is -2.30. The van der Waals surface area contributed by atoms with Crippen molar-refractivity contribution >= 4 is 5.91 Å². The fourth-order valence-electron chi connectivity index (χ4n) is 3.16. The van der Waals surface area contributed by atoms with Gasteiger partial charge in [-0.15, -0.1) is 0 Å². The van der Waals surface area contributed by atoms with E-state index in [1.807, 2.05) is 30.7 Å². The number of hydrogen-bond acceptors (Lipinski definition) is 6. The van der Waals surface area contributed by atoms with Gasteiger partial charge in [-0.05, 0) is 25.0 Å². The number of imidazole rings is 1. The largest absolute Gasteiger partial charge is 0.454 e. The van der Waals surface area contributed by atoms with Gasteiger partial charge in [0, 0.05) is 24.9 Å². The molecule has 0 aromatic carbocycles. The van der Waals surface area contributed by atoms with Crippen LogP contribution in [0.15, 0.2) is 39.8 Å². The van der Waals surface area contributed by atoms with Gasteiger partial charge in [-0.3, -0.25) is 4.79 Å². The second-order valence-electron chi connectivity index (χ2n) is 6.80. The molecule has 0 N–H and O–H groups in total. The van der Waals surface area contributed by atoms with Crippen molar-refractivity contribution in [3.8, 4) is 0 Å². The average Bonchev–Trinajstić information content (AvgIpc) is 3.40. The van der Waals surface area contributed by atoms with Crippen LogP contribution in [0, 0.1) is 0 Å². The van der Waals surface area contributed by atoms with Gasteiger partial charge in [-0.2, -0.15) is 4.98 Å². The molecule has 4 heterocycles. The Hall–Kier alpha value is -2.90. The molecular weight excluding hydrogens is 334 g/mol. The fraction of sp³-hybridized carbons (Fsp3) is 0.444. The van der Waals surface area contributed by atoms with Crippen LogP contribution >= 0.6 is 0 Å². The molecule has 0 radical (unpaired) electrons. The van der Waals surface area contributed by atoms with Crippen LogP contribution in [0.25, 0.3) is 0 Å². The molecular formula is C18H21N5O3. The molecule has 1 atom stereocenters. The highest BCUT2D eigenvalue weighted by molar-refractivity contribution is 5.92. The number of furan rings is 1. The number of carbonyl (C=O) groups excluding carboxylic acids is 1. The summed E-state index contributed by atoms with van der Waals surface area (Å²) >= 11 is 0. The predicted molar refractivity (Wildman–Crippen MR) is 91.4 cm³/mol. The first-order valence-corrected chi connectivity index (χ1v) is 8.80. The van der Waals surface area contributed by atoms with Crippen LogP contribution in [0.3, 0.4) is 0 Å². The van der Waals surface area contributed by atoms with E-state index in [1.165, 1.54) is 0 Å². The van der Waals surface area contributed by atoms with Gasteiger partial charge in [0.25, 0.3) is 5.91 Å². The Morgan fingerprint density at radius 3 is 3.00 bits per heavy atom. The van der Waals surface area contributed by atoms with E-state index in [0.29, 0.717) is 36.3 Å². The SMILES string of the molecule is CC(C)c1noc([C@H]2CCCN2C(=O)c2ccc(Cn3ccnc3)o2)n1. The highest BCUT2D eigenvalue weighted by atomic mass is 16.5. The zero-order valence-electron chi connectivity index (χ0n) is 14.8. The van der Waals surface area contributed by atoms with Gasteiger partial charge < -0.3 is 18.4 Å². The first-order valence-electron chi connectivity index (χ1n) is 8.80. The number of likely N-dealkylation sites (tertiary alicyclic amines) is 1. The van der Waals surface area contributed by atoms with Crippen LogP contribution < -0.4 is 0 Å². The summed E-state index contributed by atoms with van der Waals surface area (Å²) in [6.45, 7) is 5.21. The first kappa shape index (κ1) is 16.6. The molecule has 136 valence electrons. The van der Waals surface area contributed by atoms with Crippen molar-refractivity contribution in [3.63, 3.8) is 0 Å². The third kappa shape index (κ3) is 3.14. The van der Waals surface area contributed by atoms with Crippen molar-refractivity contribution < 1.29 is 13.7 Å². The minimum atomic E-state index is -0.190. The van der Waals surface area contributed by atoms with Gasteiger partial charge in [0.15, 0.2) is 11.6 Å². The van der Waals surface area contributed by atoms with Crippen molar-refractivity contribution in [2.24, 2.45) is 0 Å².